The lowest BCUT2D eigenvalue weighted by atomic mass is 9.89. The summed E-state index contributed by atoms with van der Waals surface area (Å²) in [5.41, 5.74) is 2.28. The molecule has 21 heavy (non-hydrogen) atoms. The van der Waals surface area contributed by atoms with Crippen LogP contribution < -0.4 is 5.32 Å². The maximum Gasteiger partial charge on any atom is 0.0688 e. The molecular formula is C19H25NO. The topological polar surface area (TPSA) is 32.3 Å². The summed E-state index contributed by atoms with van der Waals surface area (Å²) in [6, 6.07) is 21.0. The van der Waals surface area contributed by atoms with Gasteiger partial charge in [0.15, 0.2) is 0 Å². The average molecular weight is 283 g/mol. The van der Waals surface area contributed by atoms with E-state index in [1.807, 2.05) is 32.9 Å². The number of hydrogen-bond donors (Lipinski definition) is 2. The molecule has 2 rings (SSSR count). The van der Waals surface area contributed by atoms with Crippen LogP contribution in [0.2, 0.25) is 0 Å². The number of aliphatic hydroxyl groups is 1. The first kappa shape index (κ1) is 15.7. The highest BCUT2D eigenvalue weighted by Crippen LogP contribution is 2.24. The molecule has 0 radical (unpaired) electrons. The van der Waals surface area contributed by atoms with Crippen LogP contribution >= 0.6 is 0 Å². The number of aliphatic hydroxyl groups excluding tert-OH is 1. The van der Waals surface area contributed by atoms with E-state index in [0.717, 1.165) is 6.54 Å². The van der Waals surface area contributed by atoms with Crippen molar-refractivity contribution in [2.45, 2.75) is 38.3 Å². The van der Waals surface area contributed by atoms with Gasteiger partial charge in [-0.1, -0.05) is 60.7 Å². The maximum atomic E-state index is 9.87. The monoisotopic (exact) mass is 283 g/mol. The summed E-state index contributed by atoms with van der Waals surface area (Å²) in [6.45, 7) is 6.69. The van der Waals surface area contributed by atoms with Gasteiger partial charge >= 0.3 is 0 Å². The van der Waals surface area contributed by atoms with E-state index in [9.17, 15) is 5.11 Å². The first-order valence-electron chi connectivity index (χ1n) is 7.53. The molecule has 2 aromatic carbocycles. The van der Waals surface area contributed by atoms with Gasteiger partial charge in [0.05, 0.1) is 6.10 Å². The van der Waals surface area contributed by atoms with Crippen LogP contribution in [0.5, 0.6) is 0 Å². The van der Waals surface area contributed by atoms with Crippen molar-refractivity contribution in [3.05, 3.63) is 71.8 Å². The minimum absolute atomic E-state index is 0.283. The second kappa shape index (κ2) is 6.88. The number of hydrogen-bond acceptors (Lipinski definition) is 2. The van der Waals surface area contributed by atoms with Crippen LogP contribution in [0.25, 0.3) is 0 Å². The van der Waals surface area contributed by atoms with E-state index in [1.54, 1.807) is 0 Å². The Morgan fingerprint density at radius 3 is 1.71 bits per heavy atom. The first-order chi connectivity index (χ1) is 10.0. The van der Waals surface area contributed by atoms with Crippen molar-refractivity contribution in [2.75, 3.05) is 6.54 Å². The summed E-state index contributed by atoms with van der Waals surface area (Å²) < 4.78 is 0. The van der Waals surface area contributed by atoms with Crippen LogP contribution in [0.1, 0.15) is 37.8 Å². The molecule has 0 saturated carbocycles. The van der Waals surface area contributed by atoms with Gasteiger partial charge in [0, 0.05) is 18.0 Å². The lowest BCUT2D eigenvalue weighted by Gasteiger charge is -2.32. The molecule has 0 fully saturated rings. The fraction of sp³-hybridized carbons (Fsp3) is 0.368. The molecule has 112 valence electrons. The molecular weight excluding hydrogens is 258 g/mol. The van der Waals surface area contributed by atoms with Crippen molar-refractivity contribution >= 4 is 0 Å². The molecule has 0 aliphatic rings. The molecule has 0 aliphatic heterocycles. The zero-order chi connectivity index (χ0) is 15.3. The Labute approximate surface area is 127 Å². The highest BCUT2D eigenvalue weighted by molar-refractivity contribution is 5.32. The molecule has 0 aromatic heterocycles. The Morgan fingerprint density at radius 1 is 0.905 bits per heavy atom. The predicted molar refractivity (Wildman–Crippen MR) is 88.5 cm³/mol. The zero-order valence-electron chi connectivity index (χ0n) is 13.1. The van der Waals surface area contributed by atoms with Crippen molar-refractivity contribution in [3.63, 3.8) is 0 Å². The molecule has 0 heterocycles. The Balaban J connectivity index is 2.22. The molecule has 0 spiro atoms. The summed E-state index contributed by atoms with van der Waals surface area (Å²) >= 11 is 0. The molecule has 0 saturated heterocycles. The summed E-state index contributed by atoms with van der Waals surface area (Å²) in [5, 5.41) is 13.4. The van der Waals surface area contributed by atoms with E-state index in [-0.39, 0.29) is 11.5 Å². The predicted octanol–water partition coefficient (Wildman–Crippen LogP) is 3.57. The van der Waals surface area contributed by atoms with E-state index >= 15 is 0 Å². The summed E-state index contributed by atoms with van der Waals surface area (Å²) in [7, 11) is 0. The van der Waals surface area contributed by atoms with Crippen molar-refractivity contribution in [1.82, 2.24) is 5.32 Å². The molecule has 2 heteroatoms. The van der Waals surface area contributed by atoms with Crippen LogP contribution in [0.15, 0.2) is 60.7 Å². The Bertz CT molecular complexity index is 495. The van der Waals surface area contributed by atoms with E-state index < -0.39 is 6.10 Å². The summed E-state index contributed by atoms with van der Waals surface area (Å²) in [5.74, 6) is 0.283. The second-order valence-electron chi connectivity index (χ2n) is 6.15. The van der Waals surface area contributed by atoms with E-state index in [4.69, 9.17) is 0 Å². The summed E-state index contributed by atoms with van der Waals surface area (Å²) in [4.78, 5) is 0. The van der Waals surface area contributed by atoms with E-state index in [1.165, 1.54) is 11.1 Å². The van der Waals surface area contributed by atoms with Crippen LogP contribution in [0.3, 0.4) is 0 Å². The fourth-order valence-electron chi connectivity index (χ4n) is 2.31. The van der Waals surface area contributed by atoms with Gasteiger partial charge in [-0.15, -0.1) is 0 Å². The van der Waals surface area contributed by atoms with Gasteiger partial charge in [-0.3, -0.25) is 0 Å². The largest absolute Gasteiger partial charge is 0.392 e. The molecule has 2 N–H and O–H groups in total. The van der Waals surface area contributed by atoms with Crippen molar-refractivity contribution < 1.29 is 5.11 Å². The third-order valence-corrected chi connectivity index (χ3v) is 4.21. The molecule has 1 unspecified atom stereocenters. The third kappa shape index (κ3) is 4.16. The van der Waals surface area contributed by atoms with Crippen LogP contribution in [-0.4, -0.2) is 23.3 Å². The average Bonchev–Trinajstić information content (AvgIpc) is 2.49. The highest BCUT2D eigenvalue weighted by atomic mass is 16.3. The molecule has 1 atom stereocenters. The van der Waals surface area contributed by atoms with Crippen molar-refractivity contribution in [1.29, 1.82) is 0 Å². The smallest absolute Gasteiger partial charge is 0.0688 e. The minimum atomic E-state index is -0.398. The number of nitrogens with one attached hydrogen (secondary N) is 1. The van der Waals surface area contributed by atoms with Gasteiger partial charge in [0.25, 0.3) is 0 Å². The van der Waals surface area contributed by atoms with Gasteiger partial charge in [-0.2, -0.15) is 0 Å². The Morgan fingerprint density at radius 2 is 1.33 bits per heavy atom. The lowest BCUT2D eigenvalue weighted by Crippen LogP contribution is -2.49. The second-order valence-corrected chi connectivity index (χ2v) is 6.15. The Hall–Kier alpha value is -1.64. The molecule has 2 aromatic rings. The molecule has 0 bridgehead atoms. The van der Waals surface area contributed by atoms with Gasteiger partial charge in [0.1, 0.15) is 0 Å². The van der Waals surface area contributed by atoms with Gasteiger partial charge in [-0.25, -0.2) is 0 Å². The Kier molecular flexibility index (Phi) is 5.16. The molecule has 0 aliphatic carbocycles. The minimum Gasteiger partial charge on any atom is -0.392 e. The standard InChI is InChI=1S/C19H25NO/c1-15(21)19(2,3)20-14-18(16-10-6-4-7-11-16)17-12-8-5-9-13-17/h4-13,15,18,20-21H,14H2,1-3H3. The molecule has 0 amide bonds. The third-order valence-electron chi connectivity index (χ3n) is 4.21. The van der Waals surface area contributed by atoms with Crippen molar-refractivity contribution in [2.24, 2.45) is 0 Å². The number of rotatable bonds is 6. The fourth-order valence-corrected chi connectivity index (χ4v) is 2.31. The van der Waals surface area contributed by atoms with Gasteiger partial charge in [-0.05, 0) is 31.9 Å². The molecule has 2 nitrogen and oxygen atoms in total. The lowest BCUT2D eigenvalue weighted by molar-refractivity contribution is 0.0964. The number of benzene rings is 2. The maximum absolute atomic E-state index is 9.87. The van der Waals surface area contributed by atoms with Crippen LogP contribution in [0.4, 0.5) is 0 Å². The summed E-state index contributed by atoms with van der Waals surface area (Å²) in [6.07, 6.45) is -0.398. The van der Waals surface area contributed by atoms with E-state index in [0.29, 0.717) is 0 Å². The zero-order valence-corrected chi connectivity index (χ0v) is 13.1. The SMILES string of the molecule is CC(O)C(C)(C)NCC(c1ccccc1)c1ccccc1. The first-order valence-corrected chi connectivity index (χ1v) is 7.53. The van der Waals surface area contributed by atoms with Crippen LogP contribution in [-0.2, 0) is 0 Å². The van der Waals surface area contributed by atoms with Gasteiger partial charge < -0.3 is 10.4 Å². The van der Waals surface area contributed by atoms with Gasteiger partial charge in [0.2, 0.25) is 0 Å². The highest BCUT2D eigenvalue weighted by Gasteiger charge is 2.25. The normalized spacial score (nSPS) is 13.4. The quantitative estimate of drug-likeness (QED) is 0.849. The van der Waals surface area contributed by atoms with E-state index in [2.05, 4.69) is 53.8 Å². The van der Waals surface area contributed by atoms with Crippen LogP contribution in [0, 0.1) is 0 Å². The van der Waals surface area contributed by atoms with Crippen molar-refractivity contribution in [3.8, 4) is 0 Å².